The van der Waals surface area contributed by atoms with Gasteiger partial charge in [-0.3, -0.25) is 4.68 Å². The fourth-order valence-corrected chi connectivity index (χ4v) is 2.58. The number of benzene rings is 2. The number of ether oxygens (including phenoxy) is 1. The summed E-state index contributed by atoms with van der Waals surface area (Å²) < 4.78 is 7.58. The van der Waals surface area contributed by atoms with Crippen LogP contribution < -0.4 is 10.5 Å². The van der Waals surface area contributed by atoms with Gasteiger partial charge >= 0.3 is 6.01 Å². The molecule has 0 radical (unpaired) electrons. The van der Waals surface area contributed by atoms with Crippen LogP contribution in [0.1, 0.15) is 0 Å². The quantitative estimate of drug-likeness (QED) is 0.626. The Kier molecular flexibility index (Phi) is 3.35. The Bertz CT molecular complexity index is 1010. The molecule has 2 heterocycles. The maximum absolute atomic E-state index is 5.99. The van der Waals surface area contributed by atoms with Crippen molar-refractivity contribution in [2.24, 2.45) is 7.05 Å². The van der Waals surface area contributed by atoms with E-state index in [1.54, 1.807) is 17.9 Å². The lowest BCUT2D eigenvalue weighted by atomic mass is 10.1. The zero-order valence-electron chi connectivity index (χ0n) is 13.0. The second-order valence-electron chi connectivity index (χ2n) is 5.36. The van der Waals surface area contributed by atoms with E-state index in [4.69, 9.17) is 10.5 Å². The lowest BCUT2D eigenvalue weighted by Gasteiger charge is -2.10. The van der Waals surface area contributed by atoms with Gasteiger partial charge in [-0.1, -0.05) is 48.5 Å². The minimum absolute atomic E-state index is 0.201. The molecule has 6 heteroatoms. The summed E-state index contributed by atoms with van der Waals surface area (Å²) in [4.78, 5) is 8.65. The number of aromatic nitrogens is 4. The van der Waals surface area contributed by atoms with Crippen LogP contribution in [-0.2, 0) is 7.05 Å². The Morgan fingerprint density at radius 3 is 2.54 bits per heavy atom. The monoisotopic (exact) mass is 317 g/mol. The first-order valence-electron chi connectivity index (χ1n) is 7.50. The third-order valence-corrected chi connectivity index (χ3v) is 3.77. The number of nitrogens with two attached hydrogens (primary N) is 1. The predicted molar refractivity (Wildman–Crippen MR) is 92.7 cm³/mol. The van der Waals surface area contributed by atoms with Gasteiger partial charge in [0, 0.05) is 12.6 Å². The molecule has 118 valence electrons. The highest BCUT2D eigenvalue weighted by atomic mass is 16.5. The van der Waals surface area contributed by atoms with Crippen LogP contribution in [0.3, 0.4) is 0 Å². The van der Waals surface area contributed by atoms with Gasteiger partial charge in [0.05, 0.1) is 11.6 Å². The molecule has 2 aromatic carbocycles. The first-order chi connectivity index (χ1) is 11.7. The molecule has 0 aliphatic rings. The summed E-state index contributed by atoms with van der Waals surface area (Å²) in [6, 6.07) is 18.0. The molecule has 0 atom stereocenters. The topological polar surface area (TPSA) is 78.9 Å². The Labute approximate surface area is 138 Å². The van der Waals surface area contributed by atoms with E-state index in [0.717, 1.165) is 11.1 Å². The Hall–Kier alpha value is -3.41. The van der Waals surface area contributed by atoms with Gasteiger partial charge < -0.3 is 10.5 Å². The number of aryl methyl sites for hydroxylation is 1. The largest absolute Gasteiger partial charge is 0.424 e. The number of anilines is 1. The first kappa shape index (κ1) is 14.2. The molecule has 0 spiro atoms. The molecule has 0 saturated heterocycles. The van der Waals surface area contributed by atoms with Gasteiger partial charge in [-0.15, -0.1) is 0 Å². The third kappa shape index (κ3) is 2.44. The van der Waals surface area contributed by atoms with Crippen molar-refractivity contribution in [1.29, 1.82) is 0 Å². The molecule has 2 aromatic heterocycles. The second-order valence-corrected chi connectivity index (χ2v) is 5.36. The summed E-state index contributed by atoms with van der Waals surface area (Å²) in [5.41, 5.74) is 8.64. The van der Waals surface area contributed by atoms with Gasteiger partial charge in [-0.2, -0.15) is 15.1 Å². The van der Waals surface area contributed by atoms with Crippen molar-refractivity contribution in [1.82, 2.24) is 19.7 Å². The highest BCUT2D eigenvalue weighted by Crippen LogP contribution is 2.32. The highest BCUT2D eigenvalue weighted by Gasteiger charge is 2.13. The van der Waals surface area contributed by atoms with Crippen LogP contribution in [0, 0.1) is 0 Å². The summed E-state index contributed by atoms with van der Waals surface area (Å²) >= 11 is 0. The number of fused-ring (bicyclic) bond motifs is 1. The maximum atomic E-state index is 5.99. The number of hydrogen-bond acceptors (Lipinski definition) is 5. The molecule has 2 N–H and O–H groups in total. The van der Waals surface area contributed by atoms with E-state index in [1.807, 2.05) is 54.6 Å². The van der Waals surface area contributed by atoms with E-state index < -0.39 is 0 Å². The van der Waals surface area contributed by atoms with E-state index in [2.05, 4.69) is 15.1 Å². The SMILES string of the molecule is Cn1ncc2c(N)nc(Oc3ccccc3-c3ccccc3)nc21. The molecule has 4 rings (SSSR count). The zero-order valence-corrected chi connectivity index (χ0v) is 13.0. The summed E-state index contributed by atoms with van der Waals surface area (Å²) in [6.45, 7) is 0. The van der Waals surface area contributed by atoms with Gasteiger partial charge in [0.25, 0.3) is 0 Å². The van der Waals surface area contributed by atoms with Crippen LogP contribution in [0.4, 0.5) is 5.82 Å². The normalized spacial score (nSPS) is 10.9. The van der Waals surface area contributed by atoms with E-state index in [1.165, 1.54) is 0 Å². The van der Waals surface area contributed by atoms with Crippen LogP contribution in [0.5, 0.6) is 11.8 Å². The Morgan fingerprint density at radius 1 is 0.958 bits per heavy atom. The number of nitrogens with zero attached hydrogens (tertiary/aromatic N) is 4. The van der Waals surface area contributed by atoms with E-state index >= 15 is 0 Å². The molecule has 0 bridgehead atoms. The van der Waals surface area contributed by atoms with Gasteiger partial charge in [0.15, 0.2) is 5.65 Å². The molecule has 4 aromatic rings. The first-order valence-corrected chi connectivity index (χ1v) is 7.50. The summed E-state index contributed by atoms with van der Waals surface area (Å²) in [5.74, 6) is 1.02. The predicted octanol–water partition coefficient (Wildman–Crippen LogP) is 3.40. The third-order valence-electron chi connectivity index (χ3n) is 3.77. The van der Waals surface area contributed by atoms with Crippen LogP contribution in [0.2, 0.25) is 0 Å². The molecule has 0 aliphatic heterocycles. The standard InChI is InChI=1S/C18H15N5O/c1-23-17-14(11-20-23)16(19)21-18(22-17)24-15-10-6-5-9-13(15)12-7-3-2-4-8-12/h2-11H,1H3,(H2,19,21,22). The molecular weight excluding hydrogens is 302 g/mol. The van der Waals surface area contributed by atoms with Gasteiger partial charge in [-0.05, 0) is 11.6 Å². The molecule has 0 saturated carbocycles. The average molecular weight is 317 g/mol. The highest BCUT2D eigenvalue weighted by molar-refractivity contribution is 5.85. The smallest absolute Gasteiger partial charge is 0.326 e. The van der Waals surface area contributed by atoms with Crippen molar-refractivity contribution in [2.75, 3.05) is 5.73 Å². The molecular formula is C18H15N5O. The van der Waals surface area contributed by atoms with E-state index in [-0.39, 0.29) is 6.01 Å². The lowest BCUT2D eigenvalue weighted by Crippen LogP contribution is -2.00. The minimum Gasteiger partial charge on any atom is -0.424 e. The molecule has 0 amide bonds. The second kappa shape index (κ2) is 5.66. The molecule has 0 fully saturated rings. The molecule has 0 unspecified atom stereocenters. The zero-order chi connectivity index (χ0) is 16.5. The fourth-order valence-electron chi connectivity index (χ4n) is 2.58. The number of hydrogen-bond donors (Lipinski definition) is 1. The number of rotatable bonds is 3. The molecule has 24 heavy (non-hydrogen) atoms. The van der Waals surface area contributed by atoms with Crippen molar-refractivity contribution in [3.63, 3.8) is 0 Å². The minimum atomic E-state index is 0.201. The summed E-state index contributed by atoms with van der Waals surface area (Å²) in [6.07, 6.45) is 1.65. The molecule has 6 nitrogen and oxygen atoms in total. The Morgan fingerprint density at radius 2 is 1.71 bits per heavy atom. The number of nitrogen functional groups attached to an aromatic ring is 1. The van der Waals surface area contributed by atoms with Crippen molar-refractivity contribution in [2.45, 2.75) is 0 Å². The van der Waals surface area contributed by atoms with Crippen molar-refractivity contribution in [3.8, 4) is 22.9 Å². The number of para-hydroxylation sites is 1. The van der Waals surface area contributed by atoms with Crippen LogP contribution in [0.15, 0.2) is 60.8 Å². The lowest BCUT2D eigenvalue weighted by molar-refractivity contribution is 0.446. The fraction of sp³-hybridized carbons (Fsp3) is 0.0556. The van der Waals surface area contributed by atoms with Crippen LogP contribution in [0.25, 0.3) is 22.2 Å². The van der Waals surface area contributed by atoms with Crippen LogP contribution >= 0.6 is 0 Å². The van der Waals surface area contributed by atoms with Gasteiger partial charge in [0.2, 0.25) is 0 Å². The average Bonchev–Trinajstić information content (AvgIpc) is 2.98. The van der Waals surface area contributed by atoms with Crippen molar-refractivity contribution >= 4 is 16.9 Å². The maximum Gasteiger partial charge on any atom is 0.326 e. The summed E-state index contributed by atoms with van der Waals surface area (Å²) in [7, 11) is 1.80. The molecule has 0 aliphatic carbocycles. The van der Waals surface area contributed by atoms with Gasteiger partial charge in [-0.25, -0.2) is 0 Å². The van der Waals surface area contributed by atoms with Gasteiger partial charge in [0.1, 0.15) is 11.6 Å². The van der Waals surface area contributed by atoms with E-state index in [9.17, 15) is 0 Å². The summed E-state index contributed by atoms with van der Waals surface area (Å²) in [5, 5.41) is 4.86. The Balaban J connectivity index is 1.78. The van der Waals surface area contributed by atoms with E-state index in [0.29, 0.717) is 22.6 Å². The van der Waals surface area contributed by atoms with Crippen molar-refractivity contribution < 1.29 is 4.74 Å². The van der Waals surface area contributed by atoms with Crippen LogP contribution in [-0.4, -0.2) is 19.7 Å². The van der Waals surface area contributed by atoms with Crippen molar-refractivity contribution in [3.05, 3.63) is 60.8 Å².